The molecule has 0 radical (unpaired) electrons. The number of rotatable bonds is 3. The van der Waals surface area contributed by atoms with Crippen LogP contribution in [-0.4, -0.2) is 56.2 Å². The second-order valence-corrected chi connectivity index (χ2v) is 6.30. The number of alkyl halides is 3. The van der Waals surface area contributed by atoms with Gasteiger partial charge in [-0.3, -0.25) is 10.0 Å². The maximum Gasteiger partial charge on any atom is 0.433 e. The summed E-state index contributed by atoms with van der Waals surface area (Å²) < 4.78 is 38.6. The smallest absolute Gasteiger partial charge is 0.334 e. The van der Waals surface area contributed by atoms with Gasteiger partial charge in [0, 0.05) is 31.7 Å². The molecule has 2 N–H and O–H groups in total. The van der Waals surface area contributed by atoms with Crippen molar-refractivity contribution in [3.63, 3.8) is 0 Å². The molecule has 142 valence electrons. The summed E-state index contributed by atoms with van der Waals surface area (Å²) in [7, 11) is 0. The number of hydroxylamine groups is 1. The van der Waals surface area contributed by atoms with E-state index in [1.165, 1.54) is 17.9 Å². The van der Waals surface area contributed by atoms with E-state index in [-0.39, 0.29) is 23.6 Å². The molecule has 2 aliphatic heterocycles. The summed E-state index contributed by atoms with van der Waals surface area (Å²) in [5.74, 6) is -0.230. The van der Waals surface area contributed by atoms with Crippen molar-refractivity contribution in [3.8, 4) is 0 Å². The van der Waals surface area contributed by atoms with Crippen molar-refractivity contribution < 1.29 is 23.2 Å². The van der Waals surface area contributed by atoms with Gasteiger partial charge in [-0.1, -0.05) is 0 Å². The first-order valence-electron chi connectivity index (χ1n) is 8.07. The Morgan fingerprint density at radius 2 is 1.74 bits per heavy atom. The predicted molar refractivity (Wildman–Crippen MR) is 85.2 cm³/mol. The van der Waals surface area contributed by atoms with Gasteiger partial charge in [-0.2, -0.15) is 13.2 Å². The molecular formula is C15H14F3N7O2. The van der Waals surface area contributed by atoms with Crippen molar-refractivity contribution in [1.82, 2.24) is 25.4 Å². The Balaban J connectivity index is 1.49. The lowest BCUT2D eigenvalue weighted by molar-refractivity contribution is -0.141. The van der Waals surface area contributed by atoms with Crippen molar-refractivity contribution in [3.05, 3.63) is 35.9 Å². The van der Waals surface area contributed by atoms with Gasteiger partial charge in [0.1, 0.15) is 5.69 Å². The summed E-state index contributed by atoms with van der Waals surface area (Å²) in [4.78, 5) is 30.9. The second kappa shape index (κ2) is 6.30. The lowest BCUT2D eigenvalue weighted by Gasteiger charge is -2.34. The van der Waals surface area contributed by atoms with Gasteiger partial charge in [0.2, 0.25) is 11.9 Å². The van der Waals surface area contributed by atoms with Crippen LogP contribution < -0.4 is 15.3 Å². The van der Waals surface area contributed by atoms with Gasteiger partial charge in [0.15, 0.2) is 0 Å². The monoisotopic (exact) mass is 381 g/mol. The fraction of sp³-hybridized carbons (Fsp3) is 0.400. The number of hydrogen-bond donors (Lipinski definition) is 2. The van der Waals surface area contributed by atoms with Crippen LogP contribution in [0.25, 0.3) is 0 Å². The van der Waals surface area contributed by atoms with Crippen molar-refractivity contribution >= 4 is 17.8 Å². The molecule has 2 aliphatic rings. The number of fused-ring (bicyclic) bond motifs is 2. The molecule has 9 nitrogen and oxygen atoms in total. The molecule has 2 aromatic rings. The molecule has 2 fully saturated rings. The van der Waals surface area contributed by atoms with E-state index in [9.17, 15) is 18.0 Å². The number of aromatic nitrogens is 4. The van der Waals surface area contributed by atoms with E-state index in [1.54, 1.807) is 4.90 Å². The molecule has 2 saturated heterocycles. The third-order valence-electron chi connectivity index (χ3n) is 4.69. The molecule has 0 aliphatic carbocycles. The number of anilines is 2. The van der Waals surface area contributed by atoms with Crippen molar-refractivity contribution in [2.24, 2.45) is 0 Å². The summed E-state index contributed by atoms with van der Waals surface area (Å²) in [6.45, 7) is 0.962. The highest BCUT2D eigenvalue weighted by atomic mass is 19.4. The highest BCUT2D eigenvalue weighted by Gasteiger charge is 2.46. The Kier molecular flexibility index (Phi) is 4.06. The Bertz CT molecular complexity index is 861. The normalized spacial score (nSPS) is 21.6. The van der Waals surface area contributed by atoms with Crippen LogP contribution >= 0.6 is 0 Å². The zero-order valence-corrected chi connectivity index (χ0v) is 13.8. The minimum Gasteiger partial charge on any atom is -0.334 e. The van der Waals surface area contributed by atoms with E-state index < -0.39 is 17.8 Å². The number of nitrogens with zero attached hydrogens (tertiary/aromatic N) is 6. The van der Waals surface area contributed by atoms with Gasteiger partial charge in [-0.25, -0.2) is 25.4 Å². The number of amides is 1. The van der Waals surface area contributed by atoms with Gasteiger partial charge >= 0.3 is 6.18 Å². The first-order chi connectivity index (χ1) is 12.9. The van der Waals surface area contributed by atoms with Gasteiger partial charge in [-0.05, 0) is 12.5 Å². The SMILES string of the molecule is O=C(NO)c1cnc(N2CC3CC2CN3c2nccc(C(F)(F)F)n2)nc1. The van der Waals surface area contributed by atoms with Crippen LogP contribution in [0, 0.1) is 0 Å². The molecule has 2 atom stereocenters. The zero-order valence-electron chi connectivity index (χ0n) is 13.8. The number of carbonyl (C=O) groups is 1. The van der Waals surface area contributed by atoms with E-state index in [4.69, 9.17) is 5.21 Å². The van der Waals surface area contributed by atoms with E-state index in [0.717, 1.165) is 18.7 Å². The van der Waals surface area contributed by atoms with Crippen LogP contribution in [0.1, 0.15) is 22.5 Å². The minimum absolute atomic E-state index is 0.00524. The van der Waals surface area contributed by atoms with E-state index in [0.29, 0.717) is 19.0 Å². The quantitative estimate of drug-likeness (QED) is 0.596. The lowest BCUT2D eigenvalue weighted by Crippen LogP contribution is -2.47. The maximum atomic E-state index is 12.9. The van der Waals surface area contributed by atoms with Crippen LogP contribution in [0.4, 0.5) is 25.1 Å². The van der Waals surface area contributed by atoms with Crippen molar-refractivity contribution in [1.29, 1.82) is 0 Å². The summed E-state index contributed by atoms with van der Waals surface area (Å²) in [6.07, 6.45) is -0.0785. The molecule has 12 heteroatoms. The fourth-order valence-corrected chi connectivity index (χ4v) is 3.45. The molecule has 2 unspecified atom stereocenters. The first-order valence-corrected chi connectivity index (χ1v) is 8.07. The Labute approximate surface area is 150 Å². The number of carbonyl (C=O) groups excluding carboxylic acids is 1. The molecule has 0 aromatic carbocycles. The van der Waals surface area contributed by atoms with Crippen LogP contribution in [-0.2, 0) is 6.18 Å². The molecule has 0 spiro atoms. The number of halogens is 3. The first kappa shape index (κ1) is 17.4. The molecule has 4 rings (SSSR count). The van der Waals surface area contributed by atoms with Crippen molar-refractivity contribution in [2.75, 3.05) is 22.9 Å². The molecule has 4 heterocycles. The number of nitrogens with one attached hydrogen (secondary N) is 1. The maximum absolute atomic E-state index is 12.9. The number of piperazine rings is 1. The minimum atomic E-state index is -4.51. The van der Waals surface area contributed by atoms with E-state index >= 15 is 0 Å². The summed E-state index contributed by atoms with van der Waals surface area (Å²) in [6, 6.07) is 0.801. The topological polar surface area (TPSA) is 107 Å². The van der Waals surface area contributed by atoms with Crippen LogP contribution in [0.15, 0.2) is 24.7 Å². The molecule has 1 amide bonds. The average molecular weight is 381 g/mol. The summed E-state index contributed by atoms with van der Waals surface area (Å²) in [5.41, 5.74) is 0.654. The molecular weight excluding hydrogens is 367 g/mol. The lowest BCUT2D eigenvalue weighted by atomic mass is 10.2. The third kappa shape index (κ3) is 3.12. The highest BCUT2D eigenvalue weighted by Crippen LogP contribution is 2.36. The van der Waals surface area contributed by atoms with Gasteiger partial charge in [0.05, 0.1) is 17.6 Å². The van der Waals surface area contributed by atoms with Crippen LogP contribution in [0.2, 0.25) is 0 Å². The Hall–Kier alpha value is -3.02. The van der Waals surface area contributed by atoms with Gasteiger partial charge in [-0.15, -0.1) is 0 Å². The molecule has 2 aromatic heterocycles. The van der Waals surface area contributed by atoms with Gasteiger partial charge in [0.25, 0.3) is 5.91 Å². The zero-order chi connectivity index (χ0) is 19.2. The van der Waals surface area contributed by atoms with E-state index in [2.05, 4.69) is 19.9 Å². The molecule has 27 heavy (non-hydrogen) atoms. The Morgan fingerprint density at radius 3 is 2.30 bits per heavy atom. The second-order valence-electron chi connectivity index (χ2n) is 6.30. The van der Waals surface area contributed by atoms with Crippen LogP contribution in [0.3, 0.4) is 0 Å². The predicted octanol–water partition coefficient (Wildman–Crippen LogP) is 0.872. The van der Waals surface area contributed by atoms with Gasteiger partial charge < -0.3 is 9.80 Å². The highest BCUT2D eigenvalue weighted by molar-refractivity contribution is 5.92. The largest absolute Gasteiger partial charge is 0.433 e. The third-order valence-corrected chi connectivity index (χ3v) is 4.69. The fourth-order valence-electron chi connectivity index (χ4n) is 3.45. The van der Waals surface area contributed by atoms with Crippen LogP contribution in [0.5, 0.6) is 0 Å². The standard InChI is InChI=1S/C15H14F3N7O2/c16-15(17,18)11-1-2-19-14(22-11)25-7-9-3-10(25)6-24(9)13-20-4-8(5-21-13)12(26)23-27/h1-2,4-5,9-10,27H,3,6-7H2,(H,23,26). The van der Waals surface area contributed by atoms with E-state index in [1.807, 2.05) is 4.90 Å². The Morgan fingerprint density at radius 1 is 1.11 bits per heavy atom. The molecule has 0 saturated carbocycles. The summed E-state index contributed by atoms with van der Waals surface area (Å²) >= 11 is 0. The average Bonchev–Trinajstić information content (AvgIpc) is 3.28. The van der Waals surface area contributed by atoms with Crippen molar-refractivity contribution in [2.45, 2.75) is 24.7 Å². The number of hydrogen-bond acceptors (Lipinski definition) is 8. The summed E-state index contributed by atoms with van der Waals surface area (Å²) in [5, 5.41) is 8.61. The molecule has 2 bridgehead atoms.